The van der Waals surface area contributed by atoms with Crippen molar-refractivity contribution in [2.75, 3.05) is 13.2 Å². The van der Waals surface area contributed by atoms with E-state index in [-0.39, 0.29) is 25.2 Å². The molecule has 0 aromatic rings. The van der Waals surface area contributed by atoms with Crippen LogP contribution in [0.1, 0.15) is 309 Å². The number of esters is 2. The number of carbonyl (C=O) groups excluding carboxylic acids is 2. The number of rotatable bonds is 51. The van der Waals surface area contributed by atoms with E-state index in [2.05, 4.69) is 26.0 Å². The second-order valence-electron chi connectivity index (χ2n) is 18.7. The van der Waals surface area contributed by atoms with Gasteiger partial charge in [0.25, 0.3) is 0 Å². The summed E-state index contributed by atoms with van der Waals surface area (Å²) < 4.78 is 10.7. The predicted molar refractivity (Wildman–Crippen MR) is 261 cm³/mol. The zero-order valence-corrected chi connectivity index (χ0v) is 40.8. The first-order valence-corrected chi connectivity index (χ1v) is 27.2. The average Bonchev–Trinajstić information content (AvgIpc) is 3.25. The molecule has 0 aliphatic carbocycles. The van der Waals surface area contributed by atoms with E-state index in [0.29, 0.717) is 12.8 Å². The summed E-state index contributed by atoms with van der Waals surface area (Å²) in [5.41, 5.74) is 0. The predicted octanol–water partition coefficient (Wildman–Crippen LogP) is 18.0. The summed E-state index contributed by atoms with van der Waals surface area (Å²) in [6.45, 7) is 4.19. The molecule has 0 aromatic carbocycles. The number of allylic oxidation sites excluding steroid dienone is 2. The number of carbonyl (C=O) groups is 2. The molecule has 356 valence electrons. The highest BCUT2D eigenvalue weighted by Crippen LogP contribution is 2.17. The first-order chi connectivity index (χ1) is 29.6. The maximum Gasteiger partial charge on any atom is 0.306 e. The SMILES string of the molecule is CCCCCCCCCC/C=C\CCCCCCCCCCCC(=O)OC(CO)COC(=O)CCCCCCCCCCCCCCCCCCCCCCCCCCC. The smallest absolute Gasteiger partial charge is 0.306 e. The van der Waals surface area contributed by atoms with E-state index in [9.17, 15) is 14.7 Å². The summed E-state index contributed by atoms with van der Waals surface area (Å²) in [5.74, 6) is -0.572. The van der Waals surface area contributed by atoms with Crippen molar-refractivity contribution in [2.24, 2.45) is 0 Å². The molecule has 60 heavy (non-hydrogen) atoms. The molecule has 0 fully saturated rings. The second-order valence-corrected chi connectivity index (χ2v) is 18.7. The van der Waals surface area contributed by atoms with Crippen molar-refractivity contribution in [3.05, 3.63) is 12.2 Å². The third-order valence-corrected chi connectivity index (χ3v) is 12.6. The molecule has 1 atom stereocenters. The van der Waals surface area contributed by atoms with Crippen LogP contribution in [-0.2, 0) is 19.1 Å². The summed E-state index contributed by atoms with van der Waals surface area (Å²) in [6, 6.07) is 0. The number of ether oxygens (including phenoxy) is 2. The van der Waals surface area contributed by atoms with Crippen molar-refractivity contribution in [1.82, 2.24) is 0 Å². The minimum Gasteiger partial charge on any atom is -0.462 e. The normalized spacial score (nSPS) is 12.1. The van der Waals surface area contributed by atoms with E-state index in [1.807, 2.05) is 0 Å². The van der Waals surface area contributed by atoms with Crippen molar-refractivity contribution < 1.29 is 24.2 Å². The van der Waals surface area contributed by atoms with Gasteiger partial charge in [0.1, 0.15) is 6.61 Å². The molecule has 0 aliphatic rings. The van der Waals surface area contributed by atoms with Crippen molar-refractivity contribution in [2.45, 2.75) is 315 Å². The van der Waals surface area contributed by atoms with Gasteiger partial charge in [-0.3, -0.25) is 9.59 Å². The van der Waals surface area contributed by atoms with Gasteiger partial charge in [-0.2, -0.15) is 0 Å². The molecule has 1 unspecified atom stereocenters. The average molecular weight is 847 g/mol. The lowest BCUT2D eigenvalue weighted by molar-refractivity contribution is -0.161. The van der Waals surface area contributed by atoms with Crippen LogP contribution in [-0.4, -0.2) is 36.4 Å². The number of unbranched alkanes of at least 4 members (excludes halogenated alkanes) is 41. The molecule has 0 aliphatic heterocycles. The lowest BCUT2D eigenvalue weighted by Crippen LogP contribution is -2.28. The van der Waals surface area contributed by atoms with Crippen molar-refractivity contribution >= 4 is 11.9 Å². The van der Waals surface area contributed by atoms with Gasteiger partial charge in [-0.15, -0.1) is 0 Å². The Morgan fingerprint density at radius 1 is 0.367 bits per heavy atom. The molecule has 5 nitrogen and oxygen atoms in total. The highest BCUT2D eigenvalue weighted by atomic mass is 16.6. The van der Waals surface area contributed by atoms with E-state index in [0.717, 1.165) is 32.1 Å². The third kappa shape index (κ3) is 49.3. The van der Waals surface area contributed by atoms with Gasteiger partial charge >= 0.3 is 11.9 Å². The monoisotopic (exact) mass is 847 g/mol. The zero-order chi connectivity index (χ0) is 43.5. The second kappa shape index (κ2) is 52.0. The van der Waals surface area contributed by atoms with E-state index >= 15 is 0 Å². The minimum atomic E-state index is -0.768. The summed E-state index contributed by atoms with van der Waals surface area (Å²) in [7, 11) is 0. The molecule has 5 heteroatoms. The number of aliphatic hydroxyl groups is 1. The van der Waals surface area contributed by atoms with Crippen LogP contribution in [0, 0.1) is 0 Å². The Kier molecular flexibility index (Phi) is 50.8. The highest BCUT2D eigenvalue weighted by Gasteiger charge is 2.16. The fourth-order valence-electron chi connectivity index (χ4n) is 8.44. The van der Waals surface area contributed by atoms with Gasteiger partial charge < -0.3 is 14.6 Å². The zero-order valence-electron chi connectivity index (χ0n) is 40.8. The summed E-state index contributed by atoms with van der Waals surface area (Å²) in [4.78, 5) is 24.5. The maximum absolute atomic E-state index is 12.3. The van der Waals surface area contributed by atoms with Crippen molar-refractivity contribution in [1.29, 1.82) is 0 Å². The van der Waals surface area contributed by atoms with Crippen molar-refractivity contribution in [3.63, 3.8) is 0 Å². The molecule has 0 radical (unpaired) electrons. The Morgan fingerprint density at radius 3 is 0.900 bits per heavy atom. The minimum absolute atomic E-state index is 0.0594. The third-order valence-electron chi connectivity index (χ3n) is 12.6. The van der Waals surface area contributed by atoms with Gasteiger partial charge in [0.15, 0.2) is 6.10 Å². The van der Waals surface area contributed by atoms with Gasteiger partial charge in [0.2, 0.25) is 0 Å². The van der Waals surface area contributed by atoms with Gasteiger partial charge in [-0.1, -0.05) is 270 Å². The molecule has 0 bridgehead atoms. The topological polar surface area (TPSA) is 72.8 Å². The molecule has 0 saturated carbocycles. The molecule has 0 heterocycles. The molecule has 1 N–H and O–H groups in total. The van der Waals surface area contributed by atoms with Crippen LogP contribution in [0.4, 0.5) is 0 Å². The van der Waals surface area contributed by atoms with Gasteiger partial charge in [-0.25, -0.2) is 0 Å². The molecular formula is C55H106O5. The van der Waals surface area contributed by atoms with E-state index in [1.54, 1.807) is 0 Å². The molecule has 0 aromatic heterocycles. The molecular weight excluding hydrogens is 741 g/mol. The maximum atomic E-state index is 12.3. The number of aliphatic hydroxyl groups excluding tert-OH is 1. The quantitative estimate of drug-likeness (QED) is 0.0375. The Hall–Kier alpha value is -1.36. The van der Waals surface area contributed by atoms with Crippen LogP contribution in [0.25, 0.3) is 0 Å². The lowest BCUT2D eigenvalue weighted by atomic mass is 10.0. The Morgan fingerprint density at radius 2 is 0.617 bits per heavy atom. The molecule has 0 rings (SSSR count). The van der Waals surface area contributed by atoms with Crippen LogP contribution in [0.3, 0.4) is 0 Å². The van der Waals surface area contributed by atoms with Gasteiger partial charge in [0, 0.05) is 12.8 Å². The van der Waals surface area contributed by atoms with Crippen molar-refractivity contribution in [3.8, 4) is 0 Å². The summed E-state index contributed by atoms with van der Waals surface area (Å²) in [6.07, 6.45) is 63.2. The van der Waals surface area contributed by atoms with Gasteiger partial charge in [-0.05, 0) is 38.5 Å². The van der Waals surface area contributed by atoms with Gasteiger partial charge in [0.05, 0.1) is 6.61 Å². The standard InChI is InChI=1S/C55H106O5/c1-3-5-7-9-11-13-15-17-19-21-23-25-26-27-28-30-31-33-35-37-39-41-43-45-47-49-54(57)59-52-53(51-56)60-55(58)50-48-46-44-42-40-38-36-34-32-29-24-22-20-18-16-14-12-10-8-6-4-2/h22,24,53,56H,3-21,23,25-52H2,1-2H3/b24-22-. The number of hydrogen-bond donors (Lipinski definition) is 1. The van der Waals surface area contributed by atoms with Crippen LogP contribution in [0.15, 0.2) is 12.2 Å². The summed E-state index contributed by atoms with van der Waals surface area (Å²) in [5, 5.41) is 9.64. The summed E-state index contributed by atoms with van der Waals surface area (Å²) >= 11 is 0. The van der Waals surface area contributed by atoms with E-state index in [4.69, 9.17) is 9.47 Å². The fourth-order valence-corrected chi connectivity index (χ4v) is 8.44. The van der Waals surface area contributed by atoms with Crippen LogP contribution in [0.2, 0.25) is 0 Å². The van der Waals surface area contributed by atoms with E-state index in [1.165, 1.54) is 250 Å². The Bertz CT molecular complexity index is 871. The first-order valence-electron chi connectivity index (χ1n) is 27.2. The number of hydrogen-bond acceptors (Lipinski definition) is 5. The Labute approximate surface area is 375 Å². The molecule has 0 saturated heterocycles. The lowest BCUT2D eigenvalue weighted by Gasteiger charge is -2.15. The first kappa shape index (κ1) is 58.6. The van der Waals surface area contributed by atoms with Crippen LogP contribution >= 0.6 is 0 Å². The molecule has 0 amide bonds. The van der Waals surface area contributed by atoms with Crippen LogP contribution in [0.5, 0.6) is 0 Å². The molecule has 0 spiro atoms. The highest BCUT2D eigenvalue weighted by molar-refractivity contribution is 5.70. The largest absolute Gasteiger partial charge is 0.462 e. The van der Waals surface area contributed by atoms with Crippen LogP contribution < -0.4 is 0 Å². The van der Waals surface area contributed by atoms with E-state index < -0.39 is 6.10 Å². The fraction of sp³-hybridized carbons (Fsp3) is 0.927. The Balaban J connectivity index is 3.42.